The van der Waals surface area contributed by atoms with Crippen LogP contribution in [0.1, 0.15) is 15.9 Å². The van der Waals surface area contributed by atoms with E-state index in [4.69, 9.17) is 22.4 Å². The van der Waals surface area contributed by atoms with Crippen molar-refractivity contribution in [1.82, 2.24) is 0 Å². The van der Waals surface area contributed by atoms with E-state index in [1.807, 2.05) is 0 Å². The van der Waals surface area contributed by atoms with E-state index in [1.165, 1.54) is 12.1 Å². The number of alkyl halides is 3. The fourth-order valence-corrected chi connectivity index (χ4v) is 2.53. The molecule has 0 heterocycles. The average Bonchev–Trinajstić information content (AvgIpc) is 2.66. The van der Waals surface area contributed by atoms with Crippen molar-refractivity contribution in [2.24, 2.45) is 10.7 Å². The summed E-state index contributed by atoms with van der Waals surface area (Å²) in [5, 5.41) is 11.4. The van der Waals surface area contributed by atoms with Crippen LogP contribution in [0, 0.1) is 5.82 Å². The van der Waals surface area contributed by atoms with E-state index in [0.717, 1.165) is 36.5 Å². The van der Waals surface area contributed by atoms with Crippen LogP contribution in [-0.2, 0) is 4.79 Å². The number of nitrogens with two attached hydrogens (primary N) is 1. The number of aromatic carboxylic acids is 1. The summed E-state index contributed by atoms with van der Waals surface area (Å²) in [6.07, 6.45) is -3.91. The summed E-state index contributed by atoms with van der Waals surface area (Å²) in [6.45, 7) is -1.60. The van der Waals surface area contributed by atoms with Gasteiger partial charge in [-0.15, -0.1) is 0 Å². The first kappa shape index (κ1) is 22.9. The van der Waals surface area contributed by atoms with Gasteiger partial charge >= 0.3 is 12.1 Å². The number of benzene rings is 2. The van der Waals surface area contributed by atoms with Crippen molar-refractivity contribution in [2.45, 2.75) is 6.18 Å². The van der Waals surface area contributed by atoms with E-state index < -0.39 is 41.7 Å². The Bertz CT molecular complexity index is 1020. The van der Waals surface area contributed by atoms with Crippen LogP contribution < -0.4 is 11.1 Å². The van der Waals surface area contributed by atoms with Gasteiger partial charge in [0.05, 0.1) is 21.9 Å². The van der Waals surface area contributed by atoms with Gasteiger partial charge in [0.25, 0.3) is 5.91 Å². The smallest absolute Gasteiger partial charge is 0.407 e. The lowest BCUT2D eigenvalue weighted by Gasteiger charge is -2.13. The highest BCUT2D eigenvalue weighted by atomic mass is 35.5. The van der Waals surface area contributed by atoms with Crippen LogP contribution in [0.15, 0.2) is 59.2 Å². The minimum Gasteiger partial charge on any atom is -0.478 e. The summed E-state index contributed by atoms with van der Waals surface area (Å²) in [5.74, 6) is -2.94. The molecule has 0 aliphatic carbocycles. The van der Waals surface area contributed by atoms with Crippen molar-refractivity contribution in [2.75, 3.05) is 11.9 Å². The van der Waals surface area contributed by atoms with Gasteiger partial charge in [0.2, 0.25) is 0 Å². The molecule has 30 heavy (non-hydrogen) atoms. The normalized spacial score (nSPS) is 12.6. The summed E-state index contributed by atoms with van der Waals surface area (Å²) < 4.78 is 51.2. The number of carbonyl (C=O) groups is 2. The molecule has 0 unspecified atom stereocenters. The van der Waals surface area contributed by atoms with Crippen molar-refractivity contribution in [3.63, 3.8) is 0 Å². The molecule has 11 heteroatoms. The minimum absolute atomic E-state index is 0.00966. The summed E-state index contributed by atoms with van der Waals surface area (Å²) in [4.78, 5) is 27.2. The van der Waals surface area contributed by atoms with E-state index in [9.17, 15) is 27.2 Å². The number of hydrogen-bond acceptors (Lipinski definition) is 4. The summed E-state index contributed by atoms with van der Waals surface area (Å²) in [5.41, 5.74) is 4.35. The van der Waals surface area contributed by atoms with Crippen molar-refractivity contribution < 1.29 is 32.3 Å². The molecule has 158 valence electrons. The zero-order valence-corrected chi connectivity index (χ0v) is 15.8. The van der Waals surface area contributed by atoms with Crippen LogP contribution >= 0.6 is 11.6 Å². The van der Waals surface area contributed by atoms with E-state index in [1.54, 1.807) is 0 Å². The van der Waals surface area contributed by atoms with Gasteiger partial charge in [-0.3, -0.25) is 9.79 Å². The van der Waals surface area contributed by atoms with Gasteiger partial charge in [-0.05, 0) is 42.5 Å². The highest BCUT2D eigenvalue weighted by molar-refractivity contribution is 6.34. The summed E-state index contributed by atoms with van der Waals surface area (Å²) >= 11 is 5.76. The van der Waals surface area contributed by atoms with Crippen molar-refractivity contribution >= 4 is 34.9 Å². The van der Waals surface area contributed by atoms with Gasteiger partial charge in [0.15, 0.2) is 0 Å². The Balaban J connectivity index is 2.41. The molecule has 0 aliphatic heterocycles. The topological polar surface area (TPSA) is 105 Å². The number of nitrogens with zero attached hydrogens (tertiary/aromatic N) is 1. The average molecular weight is 444 g/mol. The standard InChI is InChI=1S/C19H14ClF4N3O3/c20-15-6-5-12(7-13(15)18(29)30)27-17(28)14(8-25)16(26-9-19(22,23)24)10-1-3-11(21)4-2-10/h1-8H,9,25H2,(H,27,28)(H,29,30). The Morgan fingerprint density at radius 3 is 2.33 bits per heavy atom. The largest absolute Gasteiger partial charge is 0.478 e. The summed E-state index contributed by atoms with van der Waals surface area (Å²) in [7, 11) is 0. The number of halogens is 5. The lowest BCUT2D eigenvalue weighted by molar-refractivity contribution is -0.118. The second-order valence-corrected chi connectivity index (χ2v) is 6.23. The number of carboxylic acids is 1. The third kappa shape index (κ3) is 6.05. The lowest BCUT2D eigenvalue weighted by atomic mass is 10.0. The first-order chi connectivity index (χ1) is 14.0. The molecule has 0 fully saturated rings. The second kappa shape index (κ2) is 9.40. The van der Waals surface area contributed by atoms with E-state index in [-0.39, 0.29) is 21.8 Å². The second-order valence-electron chi connectivity index (χ2n) is 5.82. The molecular weight excluding hydrogens is 430 g/mol. The lowest BCUT2D eigenvalue weighted by Crippen LogP contribution is -2.24. The molecule has 0 saturated carbocycles. The van der Waals surface area contributed by atoms with Crippen molar-refractivity contribution in [3.05, 3.63) is 76.2 Å². The third-order valence-corrected chi connectivity index (χ3v) is 3.98. The van der Waals surface area contributed by atoms with Crippen LogP contribution in [0.25, 0.3) is 0 Å². The van der Waals surface area contributed by atoms with Crippen LogP contribution in [0.2, 0.25) is 5.02 Å². The SMILES string of the molecule is NC=C(C(=O)Nc1ccc(Cl)c(C(=O)O)c1)C(=NCC(F)(F)F)c1ccc(F)cc1. The fraction of sp³-hybridized carbons (Fsp3) is 0.105. The Kier molecular flexibility index (Phi) is 7.17. The molecule has 0 radical (unpaired) electrons. The van der Waals surface area contributed by atoms with Gasteiger partial charge in [-0.1, -0.05) is 11.6 Å². The molecule has 2 aromatic carbocycles. The predicted octanol–water partition coefficient (Wildman–Crippen LogP) is 4.01. The molecular formula is C19H14ClF4N3O3. The first-order valence-electron chi connectivity index (χ1n) is 8.15. The quantitative estimate of drug-likeness (QED) is 0.356. The molecule has 1 amide bonds. The van der Waals surface area contributed by atoms with Crippen LogP contribution in [-0.4, -0.2) is 35.4 Å². The van der Waals surface area contributed by atoms with Gasteiger partial charge in [0, 0.05) is 17.5 Å². The Morgan fingerprint density at radius 2 is 1.80 bits per heavy atom. The highest BCUT2D eigenvalue weighted by Crippen LogP contribution is 2.22. The third-order valence-electron chi connectivity index (χ3n) is 3.66. The number of anilines is 1. The molecule has 4 N–H and O–H groups in total. The molecule has 2 aromatic rings. The number of nitrogens with one attached hydrogen (secondary N) is 1. The molecule has 0 spiro atoms. The zero-order valence-electron chi connectivity index (χ0n) is 15.0. The monoisotopic (exact) mass is 443 g/mol. The Hall–Kier alpha value is -3.40. The van der Waals surface area contributed by atoms with Gasteiger partial charge < -0.3 is 16.2 Å². The molecule has 0 bridgehead atoms. The number of carboxylic acid groups (broad SMARTS) is 1. The number of hydrogen-bond donors (Lipinski definition) is 3. The van der Waals surface area contributed by atoms with E-state index in [0.29, 0.717) is 0 Å². The van der Waals surface area contributed by atoms with Gasteiger partial charge in [-0.2, -0.15) is 13.2 Å². The Labute approximate surface area is 172 Å². The Morgan fingerprint density at radius 1 is 1.17 bits per heavy atom. The van der Waals surface area contributed by atoms with Crippen LogP contribution in [0.3, 0.4) is 0 Å². The van der Waals surface area contributed by atoms with Crippen molar-refractivity contribution in [1.29, 1.82) is 0 Å². The zero-order chi connectivity index (χ0) is 22.5. The van der Waals surface area contributed by atoms with Crippen LogP contribution in [0.4, 0.5) is 23.2 Å². The molecule has 0 aliphatic rings. The first-order valence-corrected chi connectivity index (χ1v) is 8.53. The van der Waals surface area contributed by atoms with Crippen LogP contribution in [0.5, 0.6) is 0 Å². The van der Waals surface area contributed by atoms with E-state index in [2.05, 4.69) is 10.3 Å². The fourth-order valence-electron chi connectivity index (χ4n) is 2.34. The molecule has 0 aromatic heterocycles. The maximum absolute atomic E-state index is 13.2. The predicted molar refractivity (Wildman–Crippen MR) is 103 cm³/mol. The number of carbonyl (C=O) groups excluding carboxylic acids is 1. The van der Waals surface area contributed by atoms with Gasteiger partial charge in [0.1, 0.15) is 12.4 Å². The molecule has 2 rings (SSSR count). The number of aliphatic imine (C=N–C) groups is 1. The summed E-state index contributed by atoms with van der Waals surface area (Å²) in [6, 6.07) is 7.86. The number of rotatable bonds is 6. The maximum atomic E-state index is 13.2. The molecule has 0 saturated heterocycles. The van der Waals surface area contributed by atoms with E-state index >= 15 is 0 Å². The minimum atomic E-state index is -4.66. The van der Waals surface area contributed by atoms with Gasteiger partial charge in [-0.25, -0.2) is 9.18 Å². The number of amides is 1. The highest BCUT2D eigenvalue weighted by Gasteiger charge is 2.28. The molecule has 0 atom stereocenters. The molecule has 6 nitrogen and oxygen atoms in total. The maximum Gasteiger partial charge on any atom is 0.407 e. The van der Waals surface area contributed by atoms with Crippen molar-refractivity contribution in [3.8, 4) is 0 Å².